The van der Waals surface area contributed by atoms with Crippen LogP contribution >= 0.6 is 24.0 Å². The standard InChI is InChI=1S/C17H28N4O.HI/c1-6-10-19-16(18-5)20-12-13-8-7-9-14(11-13)15(22)21-17(2,3)4;/h7-9,11H,6,10,12H2,1-5H3,(H,21,22)(H2,18,19,20);1H. The average molecular weight is 432 g/mol. The highest BCUT2D eigenvalue weighted by atomic mass is 127. The van der Waals surface area contributed by atoms with E-state index in [4.69, 9.17) is 0 Å². The highest BCUT2D eigenvalue weighted by Crippen LogP contribution is 2.08. The van der Waals surface area contributed by atoms with E-state index in [1.165, 1.54) is 0 Å². The smallest absolute Gasteiger partial charge is 0.251 e. The normalized spacial score (nSPS) is 11.4. The van der Waals surface area contributed by atoms with Gasteiger partial charge in [-0.3, -0.25) is 9.79 Å². The molecule has 0 heterocycles. The van der Waals surface area contributed by atoms with Crippen LogP contribution < -0.4 is 16.0 Å². The third kappa shape index (κ3) is 8.78. The summed E-state index contributed by atoms with van der Waals surface area (Å²) in [5.41, 5.74) is 1.48. The van der Waals surface area contributed by atoms with Crippen molar-refractivity contribution in [1.29, 1.82) is 0 Å². The topological polar surface area (TPSA) is 65.5 Å². The molecule has 0 spiro atoms. The number of nitrogens with one attached hydrogen (secondary N) is 3. The van der Waals surface area contributed by atoms with Crippen LogP contribution in [0.5, 0.6) is 0 Å². The van der Waals surface area contributed by atoms with Crippen LogP contribution in [-0.4, -0.2) is 31.0 Å². The zero-order valence-electron chi connectivity index (χ0n) is 14.7. The van der Waals surface area contributed by atoms with Crippen molar-refractivity contribution in [1.82, 2.24) is 16.0 Å². The number of guanidine groups is 1. The molecule has 23 heavy (non-hydrogen) atoms. The maximum Gasteiger partial charge on any atom is 0.251 e. The fraction of sp³-hybridized carbons (Fsp3) is 0.529. The van der Waals surface area contributed by atoms with Gasteiger partial charge in [-0.2, -0.15) is 0 Å². The van der Waals surface area contributed by atoms with E-state index in [0.717, 1.165) is 24.5 Å². The van der Waals surface area contributed by atoms with Crippen molar-refractivity contribution in [3.05, 3.63) is 35.4 Å². The van der Waals surface area contributed by atoms with Gasteiger partial charge < -0.3 is 16.0 Å². The van der Waals surface area contributed by atoms with Gasteiger partial charge >= 0.3 is 0 Å². The molecule has 0 aliphatic carbocycles. The maximum atomic E-state index is 12.2. The van der Waals surface area contributed by atoms with Crippen LogP contribution in [0.25, 0.3) is 0 Å². The highest BCUT2D eigenvalue weighted by Gasteiger charge is 2.15. The van der Waals surface area contributed by atoms with Gasteiger partial charge in [-0.1, -0.05) is 19.1 Å². The molecule has 1 aromatic rings. The van der Waals surface area contributed by atoms with Crippen LogP contribution in [0.2, 0.25) is 0 Å². The first-order chi connectivity index (χ1) is 10.4. The van der Waals surface area contributed by atoms with Gasteiger partial charge in [-0.05, 0) is 44.9 Å². The van der Waals surface area contributed by atoms with Crippen LogP contribution in [0.1, 0.15) is 50.0 Å². The quantitative estimate of drug-likeness (QED) is 0.381. The molecule has 0 aliphatic rings. The minimum Gasteiger partial charge on any atom is -0.356 e. The Bertz CT molecular complexity index is 524. The number of hydrogen-bond acceptors (Lipinski definition) is 2. The van der Waals surface area contributed by atoms with E-state index in [0.29, 0.717) is 12.1 Å². The van der Waals surface area contributed by atoms with E-state index in [9.17, 15) is 4.79 Å². The largest absolute Gasteiger partial charge is 0.356 e. The Kier molecular flexibility index (Phi) is 9.87. The summed E-state index contributed by atoms with van der Waals surface area (Å²) < 4.78 is 0. The van der Waals surface area contributed by atoms with Crippen molar-refractivity contribution < 1.29 is 4.79 Å². The van der Waals surface area contributed by atoms with Crippen LogP contribution in [0.4, 0.5) is 0 Å². The Morgan fingerprint density at radius 3 is 2.48 bits per heavy atom. The lowest BCUT2D eigenvalue weighted by Crippen LogP contribution is -2.40. The van der Waals surface area contributed by atoms with E-state index in [2.05, 4.69) is 27.9 Å². The molecule has 3 N–H and O–H groups in total. The molecule has 0 radical (unpaired) electrons. The van der Waals surface area contributed by atoms with Crippen molar-refractivity contribution in [2.24, 2.45) is 4.99 Å². The molecule has 0 saturated carbocycles. The number of nitrogens with zero attached hydrogens (tertiary/aromatic N) is 1. The van der Waals surface area contributed by atoms with Crippen LogP contribution in [0.15, 0.2) is 29.3 Å². The van der Waals surface area contributed by atoms with Gasteiger partial charge in [0.05, 0.1) is 0 Å². The molecule has 5 nitrogen and oxygen atoms in total. The van der Waals surface area contributed by atoms with Crippen LogP contribution in [0.3, 0.4) is 0 Å². The third-order valence-electron chi connectivity index (χ3n) is 2.90. The maximum absolute atomic E-state index is 12.2. The molecule has 0 atom stereocenters. The summed E-state index contributed by atoms with van der Waals surface area (Å²) >= 11 is 0. The summed E-state index contributed by atoms with van der Waals surface area (Å²) in [5.74, 6) is 0.717. The number of amides is 1. The Labute approximate surface area is 156 Å². The van der Waals surface area contributed by atoms with Crippen molar-refractivity contribution >= 4 is 35.8 Å². The van der Waals surface area contributed by atoms with Gasteiger partial charge in [0, 0.05) is 31.2 Å². The monoisotopic (exact) mass is 432 g/mol. The molecule has 0 aromatic heterocycles. The predicted octanol–water partition coefficient (Wildman–Crippen LogP) is 2.91. The number of rotatable bonds is 5. The molecule has 0 fully saturated rings. The number of hydrogen-bond donors (Lipinski definition) is 3. The second kappa shape index (κ2) is 10.5. The molecule has 130 valence electrons. The summed E-state index contributed by atoms with van der Waals surface area (Å²) in [4.78, 5) is 16.3. The lowest BCUT2D eigenvalue weighted by Gasteiger charge is -2.20. The minimum absolute atomic E-state index is 0. The molecular weight excluding hydrogens is 403 g/mol. The van der Waals surface area contributed by atoms with Gasteiger partial charge in [0.15, 0.2) is 5.96 Å². The summed E-state index contributed by atoms with van der Waals surface area (Å²) in [5, 5.41) is 9.43. The highest BCUT2D eigenvalue weighted by molar-refractivity contribution is 14.0. The number of carbonyl (C=O) groups excluding carboxylic acids is 1. The average Bonchev–Trinajstić information content (AvgIpc) is 2.46. The third-order valence-corrected chi connectivity index (χ3v) is 2.90. The lowest BCUT2D eigenvalue weighted by molar-refractivity contribution is 0.0919. The van der Waals surface area contributed by atoms with Crippen LogP contribution in [0, 0.1) is 0 Å². The first-order valence-corrected chi connectivity index (χ1v) is 7.71. The Hall–Kier alpha value is -1.31. The summed E-state index contributed by atoms with van der Waals surface area (Å²) in [7, 11) is 1.75. The Morgan fingerprint density at radius 1 is 1.22 bits per heavy atom. The summed E-state index contributed by atoms with van der Waals surface area (Å²) in [6.45, 7) is 9.53. The van der Waals surface area contributed by atoms with Gasteiger partial charge in [-0.25, -0.2) is 0 Å². The van der Waals surface area contributed by atoms with Crippen molar-refractivity contribution in [3.8, 4) is 0 Å². The van der Waals surface area contributed by atoms with E-state index in [1.807, 2.05) is 45.0 Å². The summed E-state index contributed by atoms with van der Waals surface area (Å²) in [6.07, 6.45) is 1.04. The molecule has 6 heteroatoms. The van der Waals surface area contributed by atoms with E-state index >= 15 is 0 Å². The van der Waals surface area contributed by atoms with E-state index < -0.39 is 0 Å². The minimum atomic E-state index is -0.239. The summed E-state index contributed by atoms with van der Waals surface area (Å²) in [6, 6.07) is 7.63. The van der Waals surface area contributed by atoms with E-state index in [1.54, 1.807) is 7.05 Å². The van der Waals surface area contributed by atoms with Gasteiger partial charge in [-0.15, -0.1) is 24.0 Å². The zero-order valence-corrected chi connectivity index (χ0v) is 17.0. The fourth-order valence-electron chi connectivity index (χ4n) is 1.89. The second-order valence-corrected chi connectivity index (χ2v) is 6.26. The van der Waals surface area contributed by atoms with E-state index in [-0.39, 0.29) is 35.4 Å². The number of benzene rings is 1. The zero-order chi connectivity index (χ0) is 16.6. The lowest BCUT2D eigenvalue weighted by atomic mass is 10.1. The Balaban J connectivity index is 0.00000484. The first kappa shape index (κ1) is 21.7. The molecular formula is C17H29IN4O. The van der Waals surface area contributed by atoms with Gasteiger partial charge in [0.2, 0.25) is 0 Å². The number of aliphatic imine (C=N–C) groups is 1. The predicted molar refractivity (Wildman–Crippen MR) is 108 cm³/mol. The fourth-order valence-corrected chi connectivity index (χ4v) is 1.89. The number of halogens is 1. The van der Waals surface area contributed by atoms with Crippen molar-refractivity contribution in [2.45, 2.75) is 46.2 Å². The SMILES string of the molecule is CCCNC(=NC)NCc1cccc(C(=O)NC(C)(C)C)c1.I. The molecule has 0 saturated heterocycles. The van der Waals surface area contributed by atoms with Crippen LogP contribution in [-0.2, 0) is 6.54 Å². The van der Waals surface area contributed by atoms with Crippen molar-refractivity contribution in [3.63, 3.8) is 0 Å². The first-order valence-electron chi connectivity index (χ1n) is 7.71. The Morgan fingerprint density at radius 2 is 1.91 bits per heavy atom. The molecule has 1 aromatic carbocycles. The molecule has 0 bridgehead atoms. The van der Waals surface area contributed by atoms with Gasteiger partial charge in [0.25, 0.3) is 5.91 Å². The second-order valence-electron chi connectivity index (χ2n) is 6.26. The molecule has 0 aliphatic heterocycles. The van der Waals surface area contributed by atoms with Crippen molar-refractivity contribution in [2.75, 3.05) is 13.6 Å². The molecule has 1 rings (SSSR count). The number of carbonyl (C=O) groups is 1. The van der Waals surface area contributed by atoms with Gasteiger partial charge in [0.1, 0.15) is 0 Å². The molecule has 0 unspecified atom stereocenters. The molecule has 1 amide bonds.